The zero-order valence-corrected chi connectivity index (χ0v) is 15.1. The number of amides is 2. The van der Waals surface area contributed by atoms with E-state index in [0.717, 1.165) is 24.5 Å². The monoisotopic (exact) mass is 345 g/mol. The van der Waals surface area contributed by atoms with Crippen LogP contribution in [0.15, 0.2) is 24.3 Å². The van der Waals surface area contributed by atoms with Gasteiger partial charge in [-0.25, -0.2) is 0 Å². The summed E-state index contributed by atoms with van der Waals surface area (Å²) in [5.41, 5.74) is 1.10. The first kappa shape index (κ1) is 17.6. The minimum absolute atomic E-state index is 0.0510. The van der Waals surface area contributed by atoms with E-state index in [9.17, 15) is 9.59 Å². The molecule has 0 spiro atoms. The lowest BCUT2D eigenvalue weighted by atomic mass is 9.96. The molecule has 0 radical (unpaired) electrons. The van der Waals surface area contributed by atoms with E-state index in [1.807, 2.05) is 30.0 Å². The molecule has 2 fully saturated rings. The summed E-state index contributed by atoms with van der Waals surface area (Å²) in [6, 6.07) is 8.06. The number of benzene rings is 1. The number of para-hydroxylation sites is 2. The molecular weight excluding hydrogens is 318 g/mol. The van der Waals surface area contributed by atoms with Crippen LogP contribution in [0.3, 0.4) is 0 Å². The highest BCUT2D eigenvalue weighted by Gasteiger charge is 2.32. The summed E-state index contributed by atoms with van der Waals surface area (Å²) in [6.07, 6.45) is 1.16. The molecule has 3 rings (SSSR count). The molecule has 6 heteroatoms. The van der Waals surface area contributed by atoms with Crippen molar-refractivity contribution in [2.24, 2.45) is 5.92 Å². The maximum Gasteiger partial charge on any atom is 0.227 e. The van der Waals surface area contributed by atoms with Gasteiger partial charge in [0.15, 0.2) is 0 Å². The van der Waals surface area contributed by atoms with Gasteiger partial charge in [-0.15, -0.1) is 0 Å². The van der Waals surface area contributed by atoms with Crippen molar-refractivity contribution in [3.05, 3.63) is 24.3 Å². The Bertz CT molecular complexity index is 626. The number of carbonyl (C=O) groups excluding carboxylic acids is 2. The number of hydrogen-bond donors (Lipinski definition) is 0. The molecule has 136 valence electrons. The Morgan fingerprint density at radius 1 is 1.20 bits per heavy atom. The summed E-state index contributed by atoms with van der Waals surface area (Å²) in [7, 11) is 1.78. The fraction of sp³-hybridized carbons (Fsp3) is 0.579. The zero-order chi connectivity index (χ0) is 17.8. The van der Waals surface area contributed by atoms with Crippen molar-refractivity contribution in [2.45, 2.75) is 19.8 Å². The minimum atomic E-state index is -0.0510. The number of rotatable bonds is 4. The van der Waals surface area contributed by atoms with E-state index < -0.39 is 0 Å². The molecule has 2 heterocycles. The predicted molar refractivity (Wildman–Crippen MR) is 96.8 cm³/mol. The smallest absolute Gasteiger partial charge is 0.227 e. The molecule has 6 nitrogen and oxygen atoms in total. The van der Waals surface area contributed by atoms with E-state index in [0.29, 0.717) is 39.1 Å². The summed E-state index contributed by atoms with van der Waals surface area (Å²) in [4.78, 5) is 30.3. The normalized spacial score (nSPS) is 21.4. The lowest BCUT2D eigenvalue weighted by Crippen LogP contribution is -2.52. The van der Waals surface area contributed by atoms with Crippen LogP contribution in [0.2, 0.25) is 0 Å². The number of piperazine rings is 1. The number of piperidine rings is 1. The van der Waals surface area contributed by atoms with E-state index in [1.165, 1.54) is 0 Å². The lowest BCUT2D eigenvalue weighted by Gasteiger charge is -2.39. The van der Waals surface area contributed by atoms with Crippen molar-refractivity contribution < 1.29 is 14.3 Å². The van der Waals surface area contributed by atoms with Gasteiger partial charge in [-0.3, -0.25) is 9.59 Å². The topological polar surface area (TPSA) is 53.1 Å². The number of nitrogens with zero attached hydrogens (tertiary/aromatic N) is 3. The third-order valence-electron chi connectivity index (χ3n) is 5.07. The molecule has 2 aliphatic rings. The average molecular weight is 345 g/mol. The van der Waals surface area contributed by atoms with Crippen molar-refractivity contribution in [1.29, 1.82) is 0 Å². The largest absolute Gasteiger partial charge is 0.492 e. The molecule has 25 heavy (non-hydrogen) atoms. The van der Waals surface area contributed by atoms with Crippen molar-refractivity contribution >= 4 is 17.5 Å². The Morgan fingerprint density at radius 3 is 2.60 bits per heavy atom. The fourth-order valence-corrected chi connectivity index (χ4v) is 3.64. The fourth-order valence-electron chi connectivity index (χ4n) is 3.64. The van der Waals surface area contributed by atoms with Crippen molar-refractivity contribution in [3.8, 4) is 5.75 Å². The molecule has 0 aromatic heterocycles. The third kappa shape index (κ3) is 3.89. The molecule has 0 saturated carbocycles. The van der Waals surface area contributed by atoms with Crippen LogP contribution in [-0.4, -0.2) is 68.0 Å². The second-order valence-corrected chi connectivity index (χ2v) is 6.72. The Labute approximate surface area is 149 Å². The Kier molecular flexibility index (Phi) is 5.46. The van der Waals surface area contributed by atoms with Gasteiger partial charge < -0.3 is 19.4 Å². The van der Waals surface area contributed by atoms with Gasteiger partial charge in [-0.05, 0) is 25.5 Å². The SMILES string of the molecule is CCOc1ccccc1N1CCN(C(=O)[C@H]2CCC(=O)N(C)C2)CC1. The first-order chi connectivity index (χ1) is 12.1. The number of anilines is 1. The number of hydrogen-bond acceptors (Lipinski definition) is 4. The van der Waals surface area contributed by atoms with Crippen LogP contribution in [0, 0.1) is 5.92 Å². The van der Waals surface area contributed by atoms with Crippen molar-refractivity contribution in [2.75, 3.05) is 51.3 Å². The quantitative estimate of drug-likeness (QED) is 0.832. The van der Waals surface area contributed by atoms with Crippen LogP contribution in [0.1, 0.15) is 19.8 Å². The summed E-state index contributed by atoms with van der Waals surface area (Å²) < 4.78 is 5.72. The van der Waals surface area contributed by atoms with E-state index >= 15 is 0 Å². The Balaban J connectivity index is 1.59. The van der Waals surface area contributed by atoms with Gasteiger partial charge in [0.1, 0.15) is 5.75 Å². The highest BCUT2D eigenvalue weighted by molar-refractivity contribution is 5.84. The molecular formula is C19H27N3O3. The van der Waals surface area contributed by atoms with Gasteiger partial charge in [0, 0.05) is 46.2 Å². The molecule has 2 amide bonds. The molecule has 0 bridgehead atoms. The van der Waals surface area contributed by atoms with Crippen LogP contribution < -0.4 is 9.64 Å². The molecule has 0 aliphatic carbocycles. The second-order valence-electron chi connectivity index (χ2n) is 6.72. The molecule has 2 aliphatic heterocycles. The molecule has 1 atom stereocenters. The van der Waals surface area contributed by atoms with Gasteiger partial charge in [0.2, 0.25) is 11.8 Å². The Morgan fingerprint density at radius 2 is 1.92 bits per heavy atom. The van der Waals surface area contributed by atoms with Crippen LogP contribution in [-0.2, 0) is 9.59 Å². The first-order valence-corrected chi connectivity index (χ1v) is 9.09. The molecule has 1 aromatic carbocycles. The van der Waals surface area contributed by atoms with Gasteiger partial charge in [-0.2, -0.15) is 0 Å². The zero-order valence-electron chi connectivity index (χ0n) is 15.1. The predicted octanol–water partition coefficient (Wildman–Crippen LogP) is 1.60. The van der Waals surface area contributed by atoms with Crippen LogP contribution >= 0.6 is 0 Å². The molecule has 2 saturated heterocycles. The van der Waals surface area contributed by atoms with E-state index in [-0.39, 0.29) is 17.7 Å². The number of carbonyl (C=O) groups is 2. The van der Waals surface area contributed by atoms with E-state index in [4.69, 9.17) is 4.74 Å². The van der Waals surface area contributed by atoms with Gasteiger partial charge in [0.05, 0.1) is 18.2 Å². The third-order valence-corrected chi connectivity index (χ3v) is 5.07. The van der Waals surface area contributed by atoms with Crippen LogP contribution in [0.5, 0.6) is 5.75 Å². The molecule has 0 unspecified atom stereocenters. The van der Waals surface area contributed by atoms with E-state index in [2.05, 4.69) is 11.0 Å². The molecule has 0 N–H and O–H groups in total. The van der Waals surface area contributed by atoms with Crippen LogP contribution in [0.4, 0.5) is 5.69 Å². The first-order valence-electron chi connectivity index (χ1n) is 9.09. The lowest BCUT2D eigenvalue weighted by molar-refractivity contribution is -0.142. The summed E-state index contributed by atoms with van der Waals surface area (Å²) >= 11 is 0. The number of ether oxygens (including phenoxy) is 1. The van der Waals surface area contributed by atoms with Crippen molar-refractivity contribution in [1.82, 2.24) is 9.80 Å². The highest BCUT2D eigenvalue weighted by Crippen LogP contribution is 2.29. The Hall–Kier alpha value is -2.24. The highest BCUT2D eigenvalue weighted by atomic mass is 16.5. The van der Waals surface area contributed by atoms with Gasteiger partial charge in [0.25, 0.3) is 0 Å². The second kappa shape index (κ2) is 7.76. The standard InChI is InChI=1S/C19H27N3O3/c1-3-25-17-7-5-4-6-16(17)21-10-12-22(13-11-21)19(24)15-8-9-18(23)20(2)14-15/h4-7,15H,3,8-14H2,1-2H3/t15-/m0/s1. The molecule has 1 aromatic rings. The van der Waals surface area contributed by atoms with Crippen LogP contribution in [0.25, 0.3) is 0 Å². The average Bonchev–Trinajstić information content (AvgIpc) is 2.64. The summed E-state index contributed by atoms with van der Waals surface area (Å²) in [5, 5.41) is 0. The van der Waals surface area contributed by atoms with E-state index in [1.54, 1.807) is 11.9 Å². The maximum absolute atomic E-state index is 12.8. The summed E-state index contributed by atoms with van der Waals surface area (Å²) in [5.74, 6) is 1.18. The van der Waals surface area contributed by atoms with Gasteiger partial charge >= 0.3 is 0 Å². The maximum atomic E-state index is 12.8. The number of likely N-dealkylation sites (tertiary alicyclic amines) is 1. The van der Waals surface area contributed by atoms with Gasteiger partial charge in [-0.1, -0.05) is 12.1 Å². The summed E-state index contributed by atoms with van der Waals surface area (Å²) in [6.45, 7) is 6.21. The van der Waals surface area contributed by atoms with Crippen molar-refractivity contribution in [3.63, 3.8) is 0 Å². The minimum Gasteiger partial charge on any atom is -0.492 e.